The van der Waals surface area contributed by atoms with E-state index in [0.717, 1.165) is 0 Å². The first-order chi connectivity index (χ1) is 8.63. The Hall–Kier alpha value is -1.75. The molecule has 1 atom stereocenters. The van der Waals surface area contributed by atoms with Gasteiger partial charge in [0.1, 0.15) is 11.9 Å². The van der Waals surface area contributed by atoms with Gasteiger partial charge in [-0.25, -0.2) is 4.79 Å². The lowest BCUT2D eigenvalue weighted by molar-refractivity contribution is -0.153. The van der Waals surface area contributed by atoms with Crippen LogP contribution in [-0.2, 0) is 14.3 Å². The zero-order valence-corrected chi connectivity index (χ0v) is 10.7. The second kappa shape index (κ2) is 7.55. The highest BCUT2D eigenvalue weighted by Gasteiger charge is 2.10. The first kappa shape index (κ1) is 14.3. The van der Waals surface area contributed by atoms with E-state index in [1.165, 1.54) is 0 Å². The molecule has 1 unspecified atom stereocenters. The van der Waals surface area contributed by atoms with Gasteiger partial charge in [0.25, 0.3) is 0 Å². The van der Waals surface area contributed by atoms with Crippen molar-refractivity contribution in [1.29, 1.82) is 0 Å². The monoisotopic (exact) mass is 253 g/mol. The third-order valence-electron chi connectivity index (χ3n) is 2.15. The van der Waals surface area contributed by atoms with E-state index in [1.54, 1.807) is 31.2 Å². The number of carbonyl (C=O) groups excluding carboxylic acids is 1. The van der Waals surface area contributed by atoms with Gasteiger partial charge in [-0.15, -0.1) is 0 Å². The van der Waals surface area contributed by atoms with Crippen molar-refractivity contribution < 1.29 is 19.0 Å². The molecule has 0 heterocycles. The molecule has 0 aliphatic rings. The van der Waals surface area contributed by atoms with Gasteiger partial charge in [-0.05, 0) is 26.0 Å². The number of nitrogens with two attached hydrogens (primary N) is 1. The van der Waals surface area contributed by atoms with Crippen molar-refractivity contribution in [2.45, 2.75) is 20.0 Å². The van der Waals surface area contributed by atoms with Gasteiger partial charge in [0.05, 0.1) is 12.3 Å². The Kier molecular flexibility index (Phi) is 6.00. The average Bonchev–Trinajstić information content (AvgIpc) is 2.35. The van der Waals surface area contributed by atoms with E-state index >= 15 is 0 Å². The van der Waals surface area contributed by atoms with Crippen LogP contribution in [0.1, 0.15) is 13.8 Å². The fraction of sp³-hybridized carbons (Fsp3) is 0.462. The Morgan fingerprint density at radius 1 is 1.39 bits per heavy atom. The van der Waals surface area contributed by atoms with Gasteiger partial charge in [-0.3, -0.25) is 0 Å². The highest BCUT2D eigenvalue weighted by molar-refractivity contribution is 5.71. The van der Waals surface area contributed by atoms with Gasteiger partial charge < -0.3 is 19.9 Å². The van der Waals surface area contributed by atoms with Crippen molar-refractivity contribution in [2.75, 3.05) is 25.6 Å². The summed E-state index contributed by atoms with van der Waals surface area (Å²) in [5, 5.41) is 0. The summed E-state index contributed by atoms with van der Waals surface area (Å²) in [6, 6.07) is 6.99. The smallest absolute Gasteiger partial charge is 0.344 e. The molecule has 0 saturated carbocycles. The molecule has 2 N–H and O–H groups in total. The SMILES string of the molecule is CCOCC(C)OC(=O)COc1ccccc1N. The number of carbonyl (C=O) groups is 1. The number of benzene rings is 1. The van der Waals surface area contributed by atoms with Crippen LogP contribution in [0, 0.1) is 0 Å². The number of nitrogen functional groups attached to an aromatic ring is 1. The van der Waals surface area contributed by atoms with Gasteiger partial charge >= 0.3 is 5.97 Å². The summed E-state index contributed by atoms with van der Waals surface area (Å²) in [5.74, 6) is 0.0392. The van der Waals surface area contributed by atoms with Crippen LogP contribution in [0.5, 0.6) is 5.75 Å². The zero-order chi connectivity index (χ0) is 13.4. The zero-order valence-electron chi connectivity index (χ0n) is 10.7. The molecule has 5 heteroatoms. The molecular weight excluding hydrogens is 234 g/mol. The number of anilines is 1. The van der Waals surface area contributed by atoms with E-state index in [2.05, 4.69) is 0 Å². The van der Waals surface area contributed by atoms with Crippen LogP contribution in [0.2, 0.25) is 0 Å². The third kappa shape index (κ3) is 5.05. The van der Waals surface area contributed by atoms with E-state index in [0.29, 0.717) is 24.7 Å². The Labute approximate surface area is 107 Å². The van der Waals surface area contributed by atoms with Crippen LogP contribution >= 0.6 is 0 Å². The molecule has 0 saturated heterocycles. The summed E-state index contributed by atoms with van der Waals surface area (Å²) in [5.41, 5.74) is 6.17. The summed E-state index contributed by atoms with van der Waals surface area (Å²) >= 11 is 0. The summed E-state index contributed by atoms with van der Waals surface area (Å²) < 4.78 is 15.5. The van der Waals surface area contributed by atoms with E-state index in [1.807, 2.05) is 6.92 Å². The predicted octanol–water partition coefficient (Wildman–Crippen LogP) is 1.62. The molecule has 0 spiro atoms. The molecule has 1 aromatic carbocycles. The van der Waals surface area contributed by atoms with Gasteiger partial charge in [-0.2, -0.15) is 0 Å². The van der Waals surface area contributed by atoms with Gasteiger partial charge in [0.2, 0.25) is 0 Å². The van der Waals surface area contributed by atoms with Crippen LogP contribution in [0.3, 0.4) is 0 Å². The topological polar surface area (TPSA) is 70.8 Å². The fourth-order valence-electron chi connectivity index (χ4n) is 1.32. The normalized spacial score (nSPS) is 11.9. The van der Waals surface area contributed by atoms with E-state index < -0.39 is 5.97 Å². The number of para-hydroxylation sites is 2. The van der Waals surface area contributed by atoms with Gasteiger partial charge in [-0.1, -0.05) is 12.1 Å². The van der Waals surface area contributed by atoms with E-state index in [9.17, 15) is 4.79 Å². The van der Waals surface area contributed by atoms with E-state index in [-0.39, 0.29) is 12.7 Å². The highest BCUT2D eigenvalue weighted by atomic mass is 16.6. The minimum Gasteiger partial charge on any atom is -0.480 e. The van der Waals surface area contributed by atoms with Crippen molar-refractivity contribution in [2.24, 2.45) is 0 Å². The first-order valence-corrected chi connectivity index (χ1v) is 5.88. The molecule has 1 aromatic rings. The molecule has 5 nitrogen and oxygen atoms in total. The minimum atomic E-state index is -0.439. The molecule has 0 aromatic heterocycles. The molecular formula is C13H19NO4. The molecule has 18 heavy (non-hydrogen) atoms. The lowest BCUT2D eigenvalue weighted by atomic mass is 10.3. The lowest BCUT2D eigenvalue weighted by Crippen LogP contribution is -2.24. The second-order valence-corrected chi connectivity index (χ2v) is 3.79. The maximum atomic E-state index is 11.5. The number of rotatable bonds is 7. The minimum absolute atomic E-state index is 0.162. The van der Waals surface area contributed by atoms with Crippen molar-refractivity contribution in [1.82, 2.24) is 0 Å². The molecule has 0 fully saturated rings. The van der Waals surface area contributed by atoms with Gasteiger partial charge in [0, 0.05) is 6.61 Å². The molecule has 100 valence electrons. The Morgan fingerprint density at radius 3 is 2.78 bits per heavy atom. The molecule has 0 radical (unpaired) electrons. The van der Waals surface area contributed by atoms with Crippen LogP contribution in [0.15, 0.2) is 24.3 Å². The number of esters is 1. The summed E-state index contributed by atoms with van der Waals surface area (Å²) in [4.78, 5) is 11.5. The Bertz CT molecular complexity index is 381. The first-order valence-electron chi connectivity index (χ1n) is 5.88. The number of hydrogen-bond acceptors (Lipinski definition) is 5. The maximum Gasteiger partial charge on any atom is 0.344 e. The van der Waals surface area contributed by atoms with Crippen LogP contribution in [0.25, 0.3) is 0 Å². The Morgan fingerprint density at radius 2 is 2.11 bits per heavy atom. The lowest BCUT2D eigenvalue weighted by Gasteiger charge is -2.13. The largest absolute Gasteiger partial charge is 0.480 e. The maximum absolute atomic E-state index is 11.5. The van der Waals surface area contributed by atoms with Crippen molar-refractivity contribution in [3.63, 3.8) is 0 Å². The molecule has 0 aliphatic carbocycles. The van der Waals surface area contributed by atoms with Crippen molar-refractivity contribution in [3.05, 3.63) is 24.3 Å². The van der Waals surface area contributed by atoms with Gasteiger partial charge in [0.15, 0.2) is 6.61 Å². The van der Waals surface area contributed by atoms with Crippen LogP contribution < -0.4 is 10.5 Å². The molecule has 0 bridgehead atoms. The molecule has 0 aliphatic heterocycles. The molecule has 0 amide bonds. The number of ether oxygens (including phenoxy) is 3. The number of hydrogen-bond donors (Lipinski definition) is 1. The van der Waals surface area contributed by atoms with Crippen LogP contribution in [0.4, 0.5) is 5.69 Å². The molecule has 1 rings (SSSR count). The summed E-state index contributed by atoms with van der Waals surface area (Å²) in [6.45, 7) is 4.47. The van der Waals surface area contributed by atoms with E-state index in [4.69, 9.17) is 19.9 Å². The quantitative estimate of drug-likeness (QED) is 0.590. The van der Waals surface area contributed by atoms with Crippen molar-refractivity contribution >= 4 is 11.7 Å². The third-order valence-corrected chi connectivity index (χ3v) is 2.15. The van der Waals surface area contributed by atoms with Crippen molar-refractivity contribution in [3.8, 4) is 5.75 Å². The summed E-state index contributed by atoms with van der Waals surface area (Å²) in [7, 11) is 0. The Balaban J connectivity index is 2.31. The summed E-state index contributed by atoms with van der Waals surface area (Å²) in [6.07, 6.45) is -0.283. The predicted molar refractivity (Wildman–Crippen MR) is 68.4 cm³/mol. The highest BCUT2D eigenvalue weighted by Crippen LogP contribution is 2.19. The van der Waals surface area contributed by atoms with Crippen LogP contribution in [-0.4, -0.2) is 31.9 Å². The average molecular weight is 253 g/mol. The second-order valence-electron chi connectivity index (χ2n) is 3.79. The standard InChI is InChI=1S/C13H19NO4/c1-3-16-8-10(2)18-13(15)9-17-12-7-5-4-6-11(12)14/h4-7,10H,3,8-9,14H2,1-2H3. The fourth-order valence-corrected chi connectivity index (χ4v) is 1.32.